The largest absolute Gasteiger partial charge is 0.259 e. The predicted molar refractivity (Wildman–Crippen MR) is 39.4 cm³/mol. The standard InChI is InChI=1S/C5H3BrN4/c6-4-1-3-2-7-9-5(3)10-8-4/h1-2H,(H,7,9,10). The molecule has 0 unspecified atom stereocenters. The average Bonchev–Trinajstić information content (AvgIpc) is 2.33. The minimum absolute atomic E-state index is 0.711. The zero-order valence-electron chi connectivity index (χ0n) is 4.87. The normalized spacial score (nSPS) is 10.5. The van der Waals surface area contributed by atoms with Gasteiger partial charge in [0.15, 0.2) is 5.65 Å². The summed E-state index contributed by atoms with van der Waals surface area (Å²) in [5, 5.41) is 15.1. The van der Waals surface area contributed by atoms with E-state index in [1.54, 1.807) is 6.20 Å². The van der Waals surface area contributed by atoms with Crippen LogP contribution in [0.15, 0.2) is 16.9 Å². The van der Waals surface area contributed by atoms with Crippen molar-refractivity contribution in [1.82, 2.24) is 20.4 Å². The van der Waals surface area contributed by atoms with Gasteiger partial charge in [-0.1, -0.05) is 0 Å². The Morgan fingerprint density at radius 2 is 2.30 bits per heavy atom. The number of halogens is 1. The van der Waals surface area contributed by atoms with E-state index in [-0.39, 0.29) is 0 Å². The van der Waals surface area contributed by atoms with Crippen molar-refractivity contribution in [1.29, 1.82) is 0 Å². The zero-order valence-corrected chi connectivity index (χ0v) is 6.46. The minimum Gasteiger partial charge on any atom is -0.259 e. The van der Waals surface area contributed by atoms with Crippen molar-refractivity contribution >= 4 is 27.0 Å². The Balaban J connectivity index is 2.86. The van der Waals surface area contributed by atoms with Crippen LogP contribution in [0, 0.1) is 0 Å². The van der Waals surface area contributed by atoms with Crippen LogP contribution in [0.2, 0.25) is 0 Å². The quantitative estimate of drug-likeness (QED) is 0.691. The second-order valence-corrected chi connectivity index (χ2v) is 2.65. The Morgan fingerprint density at radius 3 is 3.20 bits per heavy atom. The molecule has 0 fully saturated rings. The first kappa shape index (κ1) is 5.79. The lowest BCUT2D eigenvalue weighted by Crippen LogP contribution is -1.81. The van der Waals surface area contributed by atoms with Crippen LogP contribution < -0.4 is 0 Å². The number of aromatic amines is 1. The lowest BCUT2D eigenvalue weighted by atomic mass is 10.4. The van der Waals surface area contributed by atoms with Crippen LogP contribution in [0.5, 0.6) is 0 Å². The highest BCUT2D eigenvalue weighted by Crippen LogP contribution is 2.10. The maximum atomic E-state index is 3.83. The number of fused-ring (bicyclic) bond motifs is 1. The molecule has 0 aliphatic carbocycles. The smallest absolute Gasteiger partial charge is 0.177 e. The molecule has 2 aromatic rings. The summed E-state index contributed by atoms with van der Waals surface area (Å²) >= 11 is 3.20. The van der Waals surface area contributed by atoms with Crippen LogP contribution in [0.3, 0.4) is 0 Å². The van der Waals surface area contributed by atoms with E-state index in [0.29, 0.717) is 5.65 Å². The predicted octanol–water partition coefficient (Wildman–Crippen LogP) is 1.12. The van der Waals surface area contributed by atoms with Gasteiger partial charge in [0.1, 0.15) is 4.60 Å². The third kappa shape index (κ3) is 0.786. The van der Waals surface area contributed by atoms with Crippen LogP contribution in [-0.4, -0.2) is 20.4 Å². The van der Waals surface area contributed by atoms with Crippen molar-refractivity contribution in [2.24, 2.45) is 0 Å². The van der Waals surface area contributed by atoms with Gasteiger partial charge in [0.05, 0.1) is 6.20 Å². The van der Waals surface area contributed by atoms with E-state index >= 15 is 0 Å². The van der Waals surface area contributed by atoms with Crippen LogP contribution in [0.4, 0.5) is 0 Å². The fourth-order valence-electron chi connectivity index (χ4n) is 0.729. The number of nitrogens with zero attached hydrogens (tertiary/aromatic N) is 3. The summed E-state index contributed by atoms with van der Waals surface area (Å²) in [6.45, 7) is 0. The van der Waals surface area contributed by atoms with Gasteiger partial charge in [0, 0.05) is 5.39 Å². The molecule has 0 atom stereocenters. The van der Waals surface area contributed by atoms with E-state index in [4.69, 9.17) is 0 Å². The average molecular weight is 199 g/mol. The second kappa shape index (κ2) is 2.02. The third-order valence-electron chi connectivity index (χ3n) is 1.17. The maximum Gasteiger partial charge on any atom is 0.177 e. The highest BCUT2D eigenvalue weighted by Gasteiger charge is 1.96. The van der Waals surface area contributed by atoms with Gasteiger partial charge in [0.25, 0.3) is 0 Å². The molecule has 50 valence electrons. The van der Waals surface area contributed by atoms with Gasteiger partial charge in [-0.25, -0.2) is 0 Å². The van der Waals surface area contributed by atoms with E-state index in [2.05, 4.69) is 36.3 Å². The molecule has 4 nitrogen and oxygen atoms in total. The molecular weight excluding hydrogens is 196 g/mol. The first-order valence-electron chi connectivity index (χ1n) is 2.68. The topological polar surface area (TPSA) is 54.5 Å². The molecule has 0 saturated carbocycles. The number of H-pyrrole nitrogens is 1. The molecule has 5 heteroatoms. The van der Waals surface area contributed by atoms with Gasteiger partial charge < -0.3 is 0 Å². The molecule has 2 aromatic heterocycles. The fraction of sp³-hybridized carbons (Fsp3) is 0. The summed E-state index contributed by atoms with van der Waals surface area (Å²) in [5.74, 6) is 0. The third-order valence-corrected chi connectivity index (χ3v) is 1.56. The summed E-state index contributed by atoms with van der Waals surface area (Å²) in [4.78, 5) is 0. The van der Waals surface area contributed by atoms with Gasteiger partial charge in [-0.3, -0.25) is 5.10 Å². The summed E-state index contributed by atoms with van der Waals surface area (Å²) in [6, 6.07) is 1.85. The van der Waals surface area contributed by atoms with Crippen LogP contribution in [0.1, 0.15) is 0 Å². The van der Waals surface area contributed by atoms with Crippen LogP contribution in [0.25, 0.3) is 11.0 Å². The summed E-state index contributed by atoms with van der Waals surface area (Å²) in [6.07, 6.45) is 1.70. The fourth-order valence-corrected chi connectivity index (χ4v) is 1.06. The Morgan fingerprint density at radius 1 is 1.40 bits per heavy atom. The maximum absolute atomic E-state index is 3.83. The first-order valence-corrected chi connectivity index (χ1v) is 3.48. The molecule has 0 spiro atoms. The van der Waals surface area contributed by atoms with E-state index in [0.717, 1.165) is 9.99 Å². The van der Waals surface area contributed by atoms with Crippen molar-refractivity contribution in [3.8, 4) is 0 Å². The van der Waals surface area contributed by atoms with Crippen molar-refractivity contribution < 1.29 is 0 Å². The Labute approximate surface area is 64.8 Å². The van der Waals surface area contributed by atoms with E-state index < -0.39 is 0 Å². The van der Waals surface area contributed by atoms with Gasteiger partial charge in [-0.2, -0.15) is 5.10 Å². The van der Waals surface area contributed by atoms with Crippen molar-refractivity contribution in [3.63, 3.8) is 0 Å². The van der Waals surface area contributed by atoms with Gasteiger partial charge in [-0.05, 0) is 22.0 Å². The lowest BCUT2D eigenvalue weighted by molar-refractivity contribution is 1.01. The van der Waals surface area contributed by atoms with Crippen LogP contribution in [-0.2, 0) is 0 Å². The highest BCUT2D eigenvalue weighted by molar-refractivity contribution is 9.10. The van der Waals surface area contributed by atoms with Gasteiger partial charge in [0.2, 0.25) is 0 Å². The molecular formula is C5H3BrN4. The number of rotatable bonds is 0. The molecule has 2 heterocycles. The summed E-state index contributed by atoms with van der Waals surface area (Å²) in [7, 11) is 0. The molecule has 0 aliphatic heterocycles. The molecule has 0 radical (unpaired) electrons. The van der Waals surface area contributed by atoms with Crippen molar-refractivity contribution in [2.75, 3.05) is 0 Å². The molecule has 0 aromatic carbocycles. The van der Waals surface area contributed by atoms with Crippen molar-refractivity contribution in [3.05, 3.63) is 16.9 Å². The molecule has 0 saturated heterocycles. The number of hydrogen-bond acceptors (Lipinski definition) is 3. The number of hydrogen-bond donors (Lipinski definition) is 1. The molecule has 0 aliphatic rings. The molecule has 0 amide bonds. The van der Waals surface area contributed by atoms with Gasteiger partial charge >= 0.3 is 0 Å². The second-order valence-electron chi connectivity index (χ2n) is 1.84. The first-order chi connectivity index (χ1) is 4.86. The molecule has 10 heavy (non-hydrogen) atoms. The molecule has 0 bridgehead atoms. The summed E-state index contributed by atoms with van der Waals surface area (Å²) in [5.41, 5.74) is 0.711. The number of nitrogens with one attached hydrogen (secondary N) is 1. The van der Waals surface area contributed by atoms with Crippen molar-refractivity contribution in [2.45, 2.75) is 0 Å². The van der Waals surface area contributed by atoms with Gasteiger partial charge in [-0.15, -0.1) is 10.2 Å². The molecule has 2 rings (SSSR count). The van der Waals surface area contributed by atoms with Crippen LogP contribution >= 0.6 is 15.9 Å². The summed E-state index contributed by atoms with van der Waals surface area (Å²) < 4.78 is 0.724. The Kier molecular flexibility index (Phi) is 1.17. The Bertz CT molecular complexity index is 355. The van der Waals surface area contributed by atoms with E-state index in [1.807, 2.05) is 6.07 Å². The number of aromatic nitrogens is 4. The monoisotopic (exact) mass is 198 g/mol. The van der Waals surface area contributed by atoms with E-state index in [9.17, 15) is 0 Å². The lowest BCUT2D eigenvalue weighted by Gasteiger charge is -1.85. The minimum atomic E-state index is 0.711. The zero-order chi connectivity index (χ0) is 6.97. The molecule has 1 N–H and O–H groups in total. The Hall–Kier alpha value is -0.970. The van der Waals surface area contributed by atoms with E-state index in [1.165, 1.54) is 0 Å². The highest BCUT2D eigenvalue weighted by atomic mass is 79.9. The SMILES string of the molecule is Brc1cc2cn[nH]c2nn1.